The predicted molar refractivity (Wildman–Crippen MR) is 258 cm³/mol. The second-order valence-electron chi connectivity index (χ2n) is 19.9. The summed E-state index contributed by atoms with van der Waals surface area (Å²) in [7, 11) is 0. The van der Waals surface area contributed by atoms with Gasteiger partial charge in [-0.1, -0.05) is 143 Å². The third-order valence-corrected chi connectivity index (χ3v) is 14.1. The number of furan rings is 1. The van der Waals surface area contributed by atoms with Gasteiger partial charge in [0.1, 0.15) is 11.3 Å². The van der Waals surface area contributed by atoms with Crippen LogP contribution >= 0.6 is 11.3 Å². The summed E-state index contributed by atoms with van der Waals surface area (Å²) in [5.74, 6) is 0.286. The number of ketones is 1. The number of hydrogen-bond donors (Lipinski definition) is 1. The standard InChI is InChI=1S/C40H38NOS.C15H28O2.Ir/c1-24-29-14-12-26(23-40(5,6)7)19-35(29)43-38(24)28-16-17-41-33(21-28)32-20-27-10-8-9-11-30(27)36-31-15-13-25(22-39(2,3)4)18-34(31)42-37(32)36;1-7-14(5,8-2)12(16)11-13(17)15(6,9-3)10-4;/h8-19,21H,22-23H2,1-7H3;11,16H,7-10H2,1-6H3;/q-1;;/b;12-11-;. The van der Waals surface area contributed by atoms with Crippen molar-refractivity contribution in [1.82, 2.24) is 4.98 Å². The van der Waals surface area contributed by atoms with Gasteiger partial charge < -0.3 is 9.52 Å². The summed E-state index contributed by atoms with van der Waals surface area (Å²) in [6.07, 6.45) is 8.75. The molecule has 4 nitrogen and oxygen atoms in total. The van der Waals surface area contributed by atoms with Crippen molar-refractivity contribution in [3.05, 3.63) is 114 Å². The first-order valence-corrected chi connectivity index (χ1v) is 22.8. The quantitative estimate of drug-likeness (QED) is 0.0797. The Balaban J connectivity index is 0.000000334. The van der Waals surface area contributed by atoms with E-state index in [1.807, 2.05) is 59.1 Å². The first-order valence-electron chi connectivity index (χ1n) is 22.0. The number of pyridine rings is 1. The normalized spacial score (nSPS) is 12.8. The fraction of sp³-hybridized carbons (Fsp3) is 0.418. The van der Waals surface area contributed by atoms with Gasteiger partial charge in [-0.05, 0) is 108 Å². The molecule has 0 bridgehead atoms. The van der Waals surface area contributed by atoms with E-state index in [0.717, 1.165) is 82.5 Å². The van der Waals surface area contributed by atoms with E-state index >= 15 is 0 Å². The molecule has 3 heterocycles. The number of aliphatic hydroxyl groups excluding tert-OH is 1. The molecule has 0 aliphatic heterocycles. The summed E-state index contributed by atoms with van der Waals surface area (Å²) in [6.45, 7) is 28.1. The number of nitrogens with zero attached hydrogens (tertiary/aromatic N) is 1. The minimum atomic E-state index is -0.337. The van der Waals surface area contributed by atoms with Crippen molar-refractivity contribution in [2.75, 3.05) is 0 Å². The van der Waals surface area contributed by atoms with Crippen LogP contribution in [0.1, 0.15) is 125 Å². The zero-order valence-electron chi connectivity index (χ0n) is 38.8. The molecule has 325 valence electrons. The largest absolute Gasteiger partial charge is 0.512 e. The van der Waals surface area contributed by atoms with Gasteiger partial charge in [-0.15, -0.1) is 28.9 Å². The average Bonchev–Trinajstić information content (AvgIpc) is 3.75. The molecule has 0 aliphatic carbocycles. The molecule has 0 saturated heterocycles. The molecule has 0 atom stereocenters. The van der Waals surface area contributed by atoms with Crippen LogP contribution in [0.2, 0.25) is 0 Å². The average molecular weight is 1010 g/mol. The van der Waals surface area contributed by atoms with Gasteiger partial charge in [0, 0.05) is 63.9 Å². The third-order valence-electron chi connectivity index (χ3n) is 12.8. The summed E-state index contributed by atoms with van der Waals surface area (Å²) in [5, 5.41) is 16.0. The van der Waals surface area contributed by atoms with E-state index in [9.17, 15) is 9.90 Å². The molecule has 0 saturated carbocycles. The van der Waals surface area contributed by atoms with Crippen LogP contribution < -0.4 is 0 Å². The van der Waals surface area contributed by atoms with Crippen molar-refractivity contribution in [3.63, 3.8) is 0 Å². The second kappa shape index (κ2) is 18.7. The number of allylic oxidation sites excluding steroid dienone is 2. The Morgan fingerprint density at radius 2 is 1.34 bits per heavy atom. The van der Waals surface area contributed by atoms with Crippen molar-refractivity contribution >= 4 is 59.9 Å². The number of fused-ring (bicyclic) bond motifs is 6. The van der Waals surface area contributed by atoms with E-state index in [1.165, 1.54) is 43.3 Å². The van der Waals surface area contributed by atoms with Gasteiger partial charge in [-0.25, -0.2) is 0 Å². The van der Waals surface area contributed by atoms with Gasteiger partial charge in [-0.3, -0.25) is 9.78 Å². The number of thiophene rings is 1. The maximum absolute atomic E-state index is 12.2. The molecule has 0 amide bonds. The molecule has 3 aromatic heterocycles. The number of rotatable bonds is 11. The predicted octanol–water partition coefficient (Wildman–Crippen LogP) is 16.6. The summed E-state index contributed by atoms with van der Waals surface area (Å²) < 4.78 is 8.05. The Labute approximate surface area is 382 Å². The molecule has 0 aliphatic rings. The third kappa shape index (κ3) is 10.4. The zero-order chi connectivity index (χ0) is 43.8. The van der Waals surface area contributed by atoms with Crippen LogP contribution in [0, 0.1) is 34.7 Å². The molecule has 1 N–H and O–H groups in total. The van der Waals surface area contributed by atoms with E-state index < -0.39 is 0 Å². The van der Waals surface area contributed by atoms with E-state index in [2.05, 4.69) is 127 Å². The summed E-state index contributed by atoms with van der Waals surface area (Å²) in [6, 6.07) is 30.2. The van der Waals surface area contributed by atoms with Crippen molar-refractivity contribution in [2.45, 2.75) is 129 Å². The smallest absolute Gasteiger partial charge is 0.164 e. The van der Waals surface area contributed by atoms with Crippen molar-refractivity contribution in [2.24, 2.45) is 21.7 Å². The SMILES string of the molecule is CCC(C)(CC)C(=O)/C=C(\O)C(C)(CC)CC.Cc1c(-c2ccnc(-c3[c-]c4ccccc4c4c3oc3cc(CC(C)(C)C)ccc34)c2)sc2cc(CC(C)(C)C)ccc12.[Ir]. The minimum absolute atomic E-state index is 0. The Morgan fingerprint density at radius 1 is 0.754 bits per heavy atom. The van der Waals surface area contributed by atoms with Gasteiger partial charge >= 0.3 is 0 Å². The molecule has 0 unspecified atom stereocenters. The van der Waals surface area contributed by atoms with E-state index in [4.69, 9.17) is 9.40 Å². The van der Waals surface area contributed by atoms with Crippen LogP contribution in [-0.2, 0) is 37.7 Å². The molecular weight excluding hydrogens is 947 g/mol. The molecule has 1 radical (unpaired) electrons. The second-order valence-corrected chi connectivity index (χ2v) is 21.0. The van der Waals surface area contributed by atoms with Crippen molar-refractivity contribution in [3.8, 4) is 21.7 Å². The maximum atomic E-state index is 12.2. The molecular formula is C55H66IrNO3S-. The number of carbonyl (C=O) groups is 1. The number of hydrogen-bond acceptors (Lipinski definition) is 5. The van der Waals surface area contributed by atoms with Crippen LogP contribution in [-0.4, -0.2) is 15.9 Å². The number of aliphatic hydroxyl groups is 1. The van der Waals surface area contributed by atoms with Crippen LogP contribution in [0.4, 0.5) is 0 Å². The molecule has 4 aromatic carbocycles. The van der Waals surface area contributed by atoms with Gasteiger partial charge in [-0.2, -0.15) is 0 Å². The van der Waals surface area contributed by atoms with E-state index in [0.29, 0.717) is 0 Å². The number of benzene rings is 4. The molecule has 6 heteroatoms. The monoisotopic (exact) mass is 1010 g/mol. The summed E-state index contributed by atoms with van der Waals surface area (Å²) in [5.41, 5.74) is 8.62. The number of carbonyl (C=O) groups excluding carboxylic acids is 1. The van der Waals surface area contributed by atoms with Crippen LogP contribution in [0.25, 0.3) is 64.5 Å². The first-order chi connectivity index (χ1) is 28.2. The molecule has 0 fully saturated rings. The molecule has 0 spiro atoms. The maximum Gasteiger partial charge on any atom is 0.164 e. The van der Waals surface area contributed by atoms with Crippen molar-refractivity contribution in [1.29, 1.82) is 0 Å². The van der Waals surface area contributed by atoms with E-state index in [-0.39, 0.29) is 53.3 Å². The molecule has 7 rings (SSSR count). The Kier molecular flexibility index (Phi) is 14.7. The van der Waals surface area contributed by atoms with Crippen molar-refractivity contribution < 1.29 is 34.4 Å². The van der Waals surface area contributed by atoms with Gasteiger partial charge in [0.25, 0.3) is 0 Å². The van der Waals surface area contributed by atoms with Gasteiger partial charge in [0.2, 0.25) is 0 Å². The Bertz CT molecular complexity index is 2690. The molecule has 7 aromatic rings. The van der Waals surface area contributed by atoms with Crippen LogP contribution in [0.5, 0.6) is 0 Å². The number of aromatic nitrogens is 1. The fourth-order valence-corrected chi connectivity index (χ4v) is 9.42. The Hall–Kier alpha value is -4.09. The van der Waals surface area contributed by atoms with Crippen LogP contribution in [0.3, 0.4) is 0 Å². The van der Waals surface area contributed by atoms with E-state index in [1.54, 1.807) is 0 Å². The van der Waals surface area contributed by atoms with Gasteiger partial charge in [0.15, 0.2) is 5.78 Å². The van der Waals surface area contributed by atoms with Gasteiger partial charge in [0.05, 0.1) is 5.58 Å². The molecule has 61 heavy (non-hydrogen) atoms. The number of aryl methyl sites for hydroxylation is 1. The summed E-state index contributed by atoms with van der Waals surface area (Å²) in [4.78, 5) is 18.4. The topological polar surface area (TPSA) is 63.3 Å². The van der Waals surface area contributed by atoms with Crippen LogP contribution in [0.15, 0.2) is 95.2 Å². The Morgan fingerprint density at radius 3 is 1.95 bits per heavy atom. The minimum Gasteiger partial charge on any atom is -0.512 e. The zero-order valence-corrected chi connectivity index (χ0v) is 42.0. The first kappa shape index (κ1) is 47.9. The fourth-order valence-electron chi connectivity index (χ4n) is 8.15. The summed E-state index contributed by atoms with van der Waals surface area (Å²) >= 11 is 1.88.